The Morgan fingerprint density at radius 3 is 2.28 bits per heavy atom. The molecule has 0 saturated heterocycles. The molecule has 4 heteroatoms. The number of rotatable bonds is 8. The Labute approximate surface area is 177 Å². The second kappa shape index (κ2) is 10.0. The summed E-state index contributed by atoms with van der Waals surface area (Å²) in [7, 11) is 1.08. The summed E-state index contributed by atoms with van der Waals surface area (Å²) in [6, 6.07) is 26.7. The molecule has 0 aliphatic carbocycles. The molecule has 3 aromatic carbocycles. The zero-order chi connectivity index (χ0) is 20.7. The Balaban J connectivity index is 1.96. The van der Waals surface area contributed by atoms with E-state index < -0.39 is 8.07 Å². The molecule has 0 aliphatic heterocycles. The first kappa shape index (κ1) is 21.5. The first-order valence-corrected chi connectivity index (χ1v) is 14.7. The first-order valence-electron chi connectivity index (χ1n) is 10.0. The van der Waals surface area contributed by atoms with Gasteiger partial charge in [0.1, 0.15) is 12.4 Å². The van der Waals surface area contributed by atoms with E-state index in [-0.39, 0.29) is 0 Å². The molecule has 3 rings (SSSR count). The van der Waals surface area contributed by atoms with Crippen LogP contribution < -0.4 is 15.3 Å². The van der Waals surface area contributed by atoms with Gasteiger partial charge in [0.15, 0.2) is 0 Å². The topological polar surface area (TPSA) is 21.6 Å². The summed E-state index contributed by atoms with van der Waals surface area (Å²) in [5.41, 5.74) is 3.72. The van der Waals surface area contributed by atoms with Crippen molar-refractivity contribution >= 4 is 33.5 Å². The highest BCUT2D eigenvalue weighted by Gasteiger charge is 2.19. The summed E-state index contributed by atoms with van der Waals surface area (Å²) >= 11 is 0. The molecule has 0 bridgehead atoms. The maximum Gasteiger partial charge on any atom is 0.130 e. The largest absolute Gasteiger partial charge is 0.488 e. The molecule has 0 saturated carbocycles. The third kappa shape index (κ3) is 6.38. The van der Waals surface area contributed by atoms with Crippen LogP contribution in [-0.4, -0.2) is 21.3 Å². The molecular weight excluding hydrogens is 389 g/mol. The molecule has 0 fully saturated rings. The van der Waals surface area contributed by atoms with Crippen molar-refractivity contribution < 1.29 is 4.74 Å². The fourth-order valence-corrected chi connectivity index (χ4v) is 6.01. The molecule has 150 valence electrons. The molecule has 0 aliphatic rings. The van der Waals surface area contributed by atoms with Gasteiger partial charge in [0, 0.05) is 26.6 Å². The minimum Gasteiger partial charge on any atom is -0.488 e. The number of ether oxygens (including phenoxy) is 1. The van der Waals surface area contributed by atoms with Crippen molar-refractivity contribution in [2.75, 3.05) is 7.05 Å². The molecule has 1 atom stereocenters. The lowest BCUT2D eigenvalue weighted by atomic mass is 10.2. The Kier molecular flexibility index (Phi) is 7.41. The lowest BCUT2D eigenvalue weighted by Gasteiger charge is -2.21. The van der Waals surface area contributed by atoms with E-state index in [1.807, 2.05) is 19.3 Å². The van der Waals surface area contributed by atoms with Crippen molar-refractivity contribution in [3.05, 3.63) is 89.5 Å². The van der Waals surface area contributed by atoms with Crippen LogP contribution in [-0.2, 0) is 12.7 Å². The van der Waals surface area contributed by atoms with Gasteiger partial charge in [0.25, 0.3) is 0 Å². The Bertz CT molecular complexity index is 964. The standard InChI is InChI=1S/C25H30NOPSi/c1-26-17-21-13-8-9-15-23(21)28-24-16-10-14-22(19-29(2,3)4)25(24)27-18-20-11-6-5-7-12-20/h5-17,28H,18-19H2,1-4H3. The maximum atomic E-state index is 6.47. The zero-order valence-corrected chi connectivity index (χ0v) is 19.8. The summed E-state index contributed by atoms with van der Waals surface area (Å²) in [5.74, 6) is 1.07. The normalized spacial score (nSPS) is 12.1. The average molecular weight is 420 g/mol. The van der Waals surface area contributed by atoms with Crippen molar-refractivity contribution in [1.29, 1.82) is 0 Å². The Morgan fingerprint density at radius 1 is 0.862 bits per heavy atom. The van der Waals surface area contributed by atoms with Gasteiger partial charge in [-0.05, 0) is 28.0 Å². The molecular formula is C25H30NOPSi. The number of benzene rings is 3. The summed E-state index contributed by atoms with van der Waals surface area (Å²) < 4.78 is 6.47. The van der Waals surface area contributed by atoms with Crippen LogP contribution in [0, 0.1) is 0 Å². The van der Waals surface area contributed by atoms with Gasteiger partial charge in [-0.3, -0.25) is 4.99 Å². The van der Waals surface area contributed by atoms with Crippen LogP contribution >= 0.6 is 8.58 Å². The third-order valence-electron chi connectivity index (χ3n) is 4.54. The first-order chi connectivity index (χ1) is 14.0. The van der Waals surface area contributed by atoms with Gasteiger partial charge >= 0.3 is 0 Å². The monoisotopic (exact) mass is 419 g/mol. The second-order valence-electron chi connectivity index (χ2n) is 8.41. The van der Waals surface area contributed by atoms with Crippen LogP contribution in [0.15, 0.2) is 77.8 Å². The van der Waals surface area contributed by atoms with E-state index in [2.05, 4.69) is 91.4 Å². The van der Waals surface area contributed by atoms with E-state index in [1.165, 1.54) is 27.3 Å². The van der Waals surface area contributed by atoms with Crippen LogP contribution in [0.1, 0.15) is 16.7 Å². The van der Waals surface area contributed by atoms with E-state index in [0.29, 0.717) is 15.2 Å². The highest BCUT2D eigenvalue weighted by Crippen LogP contribution is 2.28. The average Bonchev–Trinajstić information content (AvgIpc) is 2.69. The molecule has 0 N–H and O–H groups in total. The fraction of sp³-hybridized carbons (Fsp3) is 0.240. The molecule has 0 heterocycles. The molecule has 0 amide bonds. The van der Waals surface area contributed by atoms with Gasteiger partial charge in [-0.1, -0.05) is 101 Å². The molecule has 0 radical (unpaired) electrons. The van der Waals surface area contributed by atoms with Crippen LogP contribution in [0.4, 0.5) is 0 Å². The lowest BCUT2D eigenvalue weighted by molar-refractivity contribution is 0.306. The Hall–Kier alpha value is -2.22. The van der Waals surface area contributed by atoms with Crippen LogP contribution in [0.3, 0.4) is 0 Å². The van der Waals surface area contributed by atoms with E-state index in [9.17, 15) is 0 Å². The van der Waals surface area contributed by atoms with Gasteiger partial charge in [-0.15, -0.1) is 0 Å². The molecule has 0 aromatic heterocycles. The summed E-state index contributed by atoms with van der Waals surface area (Å²) in [6.07, 6.45) is 1.94. The number of aliphatic imine (C=N–C) groups is 1. The predicted molar refractivity (Wildman–Crippen MR) is 132 cm³/mol. The second-order valence-corrected chi connectivity index (χ2v) is 15.2. The minimum atomic E-state index is -1.27. The summed E-state index contributed by atoms with van der Waals surface area (Å²) in [5, 5.41) is 2.57. The predicted octanol–water partition coefficient (Wildman–Crippen LogP) is 5.36. The fourth-order valence-electron chi connectivity index (χ4n) is 3.30. The van der Waals surface area contributed by atoms with Gasteiger partial charge in [0.2, 0.25) is 0 Å². The van der Waals surface area contributed by atoms with Crippen LogP contribution in [0.5, 0.6) is 5.75 Å². The highest BCUT2D eigenvalue weighted by atomic mass is 31.1. The van der Waals surface area contributed by atoms with E-state index >= 15 is 0 Å². The SMILES string of the molecule is CN=Cc1ccccc1Pc1cccc(C[Si](C)(C)C)c1OCc1ccccc1. The molecule has 1 unspecified atom stereocenters. The van der Waals surface area contributed by atoms with Crippen molar-refractivity contribution in [2.45, 2.75) is 32.3 Å². The van der Waals surface area contributed by atoms with Gasteiger partial charge in [0.05, 0.1) is 0 Å². The lowest BCUT2D eigenvalue weighted by Crippen LogP contribution is -2.25. The van der Waals surface area contributed by atoms with Crippen LogP contribution in [0.2, 0.25) is 19.6 Å². The molecule has 2 nitrogen and oxygen atoms in total. The number of para-hydroxylation sites is 1. The number of nitrogens with zero attached hydrogens (tertiary/aromatic N) is 1. The van der Waals surface area contributed by atoms with Gasteiger partial charge in [-0.25, -0.2) is 0 Å². The van der Waals surface area contributed by atoms with Crippen LogP contribution in [0.25, 0.3) is 0 Å². The van der Waals surface area contributed by atoms with Gasteiger partial charge in [-0.2, -0.15) is 0 Å². The number of hydrogen-bond donors (Lipinski definition) is 0. The molecule has 3 aromatic rings. The van der Waals surface area contributed by atoms with E-state index in [1.54, 1.807) is 0 Å². The molecule has 0 spiro atoms. The van der Waals surface area contributed by atoms with E-state index in [0.717, 1.165) is 11.8 Å². The van der Waals surface area contributed by atoms with Crippen molar-refractivity contribution in [3.63, 3.8) is 0 Å². The van der Waals surface area contributed by atoms with Crippen molar-refractivity contribution in [2.24, 2.45) is 4.99 Å². The summed E-state index contributed by atoms with van der Waals surface area (Å²) in [4.78, 5) is 4.23. The van der Waals surface area contributed by atoms with E-state index in [4.69, 9.17) is 4.74 Å². The number of hydrogen-bond acceptors (Lipinski definition) is 2. The molecule has 29 heavy (non-hydrogen) atoms. The minimum absolute atomic E-state index is 0.534. The smallest absolute Gasteiger partial charge is 0.130 e. The Morgan fingerprint density at radius 2 is 1.55 bits per heavy atom. The summed E-state index contributed by atoms with van der Waals surface area (Å²) in [6.45, 7) is 7.83. The van der Waals surface area contributed by atoms with Crippen molar-refractivity contribution in [1.82, 2.24) is 0 Å². The zero-order valence-electron chi connectivity index (χ0n) is 17.8. The van der Waals surface area contributed by atoms with Crippen molar-refractivity contribution in [3.8, 4) is 5.75 Å². The highest BCUT2D eigenvalue weighted by molar-refractivity contribution is 7.56. The quantitative estimate of drug-likeness (QED) is 0.273. The third-order valence-corrected chi connectivity index (χ3v) is 7.37. The van der Waals surface area contributed by atoms with Gasteiger partial charge < -0.3 is 4.74 Å². The maximum absolute atomic E-state index is 6.47.